The maximum Gasteiger partial charge on any atom is 0.417 e. The van der Waals surface area contributed by atoms with Crippen molar-refractivity contribution >= 4 is 32.6 Å². The summed E-state index contributed by atoms with van der Waals surface area (Å²) in [5, 5.41) is 0. The molecular weight excluding hydrogens is 442 g/mol. The smallest absolute Gasteiger partial charge is 0.408 e. The van der Waals surface area contributed by atoms with E-state index in [-0.39, 0.29) is 35.4 Å². The van der Waals surface area contributed by atoms with Crippen molar-refractivity contribution in [3.05, 3.63) is 70.7 Å². The molecule has 1 N–H and O–H groups in total. The van der Waals surface area contributed by atoms with Gasteiger partial charge in [-0.05, 0) is 42.5 Å². The second-order valence-corrected chi connectivity index (χ2v) is 10.4. The van der Waals surface area contributed by atoms with Gasteiger partial charge in [-0.1, -0.05) is 36.4 Å². The number of hydrogen-bond acceptors (Lipinski definition) is 5. The average molecular weight is 468 g/mol. The molecular formula is C24H25N3O5S. The van der Waals surface area contributed by atoms with Crippen LogP contribution in [0, 0.1) is 5.92 Å². The zero-order valence-corrected chi connectivity index (χ0v) is 18.9. The van der Waals surface area contributed by atoms with E-state index in [0.29, 0.717) is 31.4 Å². The maximum atomic E-state index is 13.1. The third-order valence-electron chi connectivity index (χ3n) is 6.50. The summed E-state index contributed by atoms with van der Waals surface area (Å²) in [5.74, 6) is -0.693. The molecule has 0 spiro atoms. The molecule has 2 aliphatic rings. The summed E-state index contributed by atoms with van der Waals surface area (Å²) in [4.78, 5) is 28.9. The molecule has 0 atom stereocenters. The number of aromatic nitrogens is 1. The Bertz CT molecular complexity index is 1370. The fourth-order valence-electron chi connectivity index (χ4n) is 4.62. The monoisotopic (exact) mass is 467 g/mol. The Balaban J connectivity index is 1.22. The zero-order valence-electron chi connectivity index (χ0n) is 18.1. The van der Waals surface area contributed by atoms with E-state index in [0.717, 1.165) is 6.42 Å². The molecule has 8 nitrogen and oxygen atoms in total. The third-order valence-corrected chi connectivity index (χ3v) is 8.39. The Morgan fingerprint density at radius 2 is 1.79 bits per heavy atom. The lowest BCUT2D eigenvalue weighted by Gasteiger charge is -2.34. The number of carbonyl (C=O) groups is 1. The van der Waals surface area contributed by atoms with Crippen molar-refractivity contribution in [2.75, 3.05) is 26.2 Å². The molecule has 3 heterocycles. The van der Waals surface area contributed by atoms with Crippen LogP contribution in [-0.4, -0.2) is 54.7 Å². The van der Waals surface area contributed by atoms with Gasteiger partial charge >= 0.3 is 5.76 Å². The van der Waals surface area contributed by atoms with Gasteiger partial charge < -0.3 is 9.32 Å². The second kappa shape index (κ2) is 8.64. The molecule has 0 radical (unpaired) electrons. The van der Waals surface area contributed by atoms with Gasteiger partial charge in [0.25, 0.3) is 0 Å². The number of H-pyrrole nitrogens is 1. The van der Waals surface area contributed by atoms with Crippen LogP contribution in [0.25, 0.3) is 16.7 Å². The first kappa shape index (κ1) is 21.7. The van der Waals surface area contributed by atoms with Crippen LogP contribution >= 0.6 is 0 Å². The SMILES string of the molecule is O=C(C1CCN(S(=O)(=O)c2ccc3[nH]c(=O)oc3c2)CC1)N1CC=C(c2ccccc2)CC1. The Morgan fingerprint density at radius 1 is 1.03 bits per heavy atom. The minimum absolute atomic E-state index is 0.0807. The highest BCUT2D eigenvalue weighted by Crippen LogP contribution is 2.28. The van der Waals surface area contributed by atoms with E-state index < -0.39 is 15.8 Å². The summed E-state index contributed by atoms with van der Waals surface area (Å²) in [6.07, 6.45) is 3.92. The van der Waals surface area contributed by atoms with Crippen molar-refractivity contribution in [3.8, 4) is 0 Å². The first-order valence-electron chi connectivity index (χ1n) is 11.1. The highest BCUT2D eigenvalue weighted by Gasteiger charge is 2.34. The lowest BCUT2D eigenvalue weighted by Crippen LogP contribution is -2.45. The third kappa shape index (κ3) is 4.26. The van der Waals surface area contributed by atoms with Crippen LogP contribution in [-0.2, 0) is 14.8 Å². The van der Waals surface area contributed by atoms with Crippen LogP contribution in [0.2, 0.25) is 0 Å². The van der Waals surface area contributed by atoms with Crippen molar-refractivity contribution < 1.29 is 17.6 Å². The highest BCUT2D eigenvalue weighted by molar-refractivity contribution is 7.89. The van der Waals surface area contributed by atoms with Crippen molar-refractivity contribution in [2.45, 2.75) is 24.2 Å². The quantitative estimate of drug-likeness (QED) is 0.636. The Labute approximate surface area is 191 Å². The number of amides is 1. The van der Waals surface area contributed by atoms with Crippen LogP contribution in [0.3, 0.4) is 0 Å². The number of carbonyl (C=O) groups excluding carboxylic acids is 1. The lowest BCUT2D eigenvalue weighted by atomic mass is 9.94. The van der Waals surface area contributed by atoms with Crippen LogP contribution < -0.4 is 5.76 Å². The fourth-order valence-corrected chi connectivity index (χ4v) is 6.11. The number of aromatic amines is 1. The highest BCUT2D eigenvalue weighted by atomic mass is 32.2. The topological polar surface area (TPSA) is 104 Å². The van der Waals surface area contributed by atoms with Crippen molar-refractivity contribution in [3.63, 3.8) is 0 Å². The molecule has 1 aromatic heterocycles. The number of oxazole rings is 1. The predicted octanol–water partition coefficient (Wildman–Crippen LogP) is 2.84. The molecule has 2 aromatic carbocycles. The van der Waals surface area contributed by atoms with Gasteiger partial charge in [-0.2, -0.15) is 4.31 Å². The molecule has 0 bridgehead atoms. The van der Waals surface area contributed by atoms with Crippen LogP contribution in [0.1, 0.15) is 24.8 Å². The van der Waals surface area contributed by atoms with Gasteiger partial charge in [-0.25, -0.2) is 13.2 Å². The van der Waals surface area contributed by atoms with Crippen molar-refractivity contribution in [1.82, 2.24) is 14.2 Å². The van der Waals surface area contributed by atoms with Gasteiger partial charge in [0.05, 0.1) is 10.4 Å². The normalized spacial score (nSPS) is 18.4. The summed E-state index contributed by atoms with van der Waals surface area (Å²) in [5.41, 5.74) is 3.12. The zero-order chi connectivity index (χ0) is 23.0. The summed E-state index contributed by atoms with van der Waals surface area (Å²) >= 11 is 0. The second-order valence-electron chi connectivity index (χ2n) is 8.48. The molecule has 2 aliphatic heterocycles. The predicted molar refractivity (Wildman–Crippen MR) is 124 cm³/mol. The van der Waals surface area contributed by atoms with E-state index in [1.54, 1.807) is 0 Å². The largest absolute Gasteiger partial charge is 0.417 e. The summed E-state index contributed by atoms with van der Waals surface area (Å²) < 4.78 is 32.6. The summed E-state index contributed by atoms with van der Waals surface area (Å²) in [7, 11) is -3.73. The fraction of sp³-hybridized carbons (Fsp3) is 0.333. The standard InChI is InChI=1S/C24H25N3O5S/c28-23(26-12-8-18(9-13-26)17-4-2-1-3-5-17)19-10-14-27(15-11-19)33(30,31)20-6-7-21-22(16-20)32-24(29)25-21/h1-8,16,19H,9-15H2,(H,25,29). The molecule has 1 amide bonds. The minimum Gasteiger partial charge on any atom is -0.408 e. The van der Waals surface area contributed by atoms with E-state index in [1.165, 1.54) is 33.6 Å². The molecule has 0 saturated carbocycles. The van der Waals surface area contributed by atoms with E-state index in [2.05, 4.69) is 23.2 Å². The number of piperidine rings is 1. The molecule has 5 rings (SSSR count). The molecule has 3 aromatic rings. The van der Waals surface area contributed by atoms with Crippen molar-refractivity contribution in [1.29, 1.82) is 0 Å². The Morgan fingerprint density at radius 3 is 2.48 bits per heavy atom. The molecule has 0 aliphatic carbocycles. The van der Waals surface area contributed by atoms with Gasteiger partial charge in [0.1, 0.15) is 0 Å². The average Bonchev–Trinajstić information content (AvgIpc) is 3.23. The van der Waals surface area contributed by atoms with Gasteiger partial charge in [0.15, 0.2) is 5.58 Å². The number of rotatable bonds is 4. The van der Waals surface area contributed by atoms with Crippen molar-refractivity contribution in [2.24, 2.45) is 5.92 Å². The number of benzene rings is 2. The van der Waals surface area contributed by atoms with E-state index in [1.807, 2.05) is 23.1 Å². The molecule has 9 heteroatoms. The van der Waals surface area contributed by atoms with E-state index in [4.69, 9.17) is 4.42 Å². The number of sulfonamides is 1. The van der Waals surface area contributed by atoms with Crippen LogP contribution in [0.4, 0.5) is 0 Å². The molecule has 172 valence electrons. The number of hydrogen-bond donors (Lipinski definition) is 1. The van der Waals surface area contributed by atoms with Crippen LogP contribution in [0.5, 0.6) is 0 Å². The number of nitrogens with zero attached hydrogens (tertiary/aromatic N) is 2. The van der Waals surface area contributed by atoms with E-state index >= 15 is 0 Å². The maximum absolute atomic E-state index is 13.1. The number of fused-ring (bicyclic) bond motifs is 1. The summed E-state index contributed by atoms with van der Waals surface area (Å²) in [6.45, 7) is 1.84. The van der Waals surface area contributed by atoms with Gasteiger partial charge in [0.2, 0.25) is 15.9 Å². The summed E-state index contributed by atoms with van der Waals surface area (Å²) in [6, 6.07) is 14.5. The molecule has 1 fully saturated rings. The number of nitrogens with one attached hydrogen (secondary N) is 1. The van der Waals surface area contributed by atoms with Gasteiger partial charge in [0, 0.05) is 38.2 Å². The first-order valence-corrected chi connectivity index (χ1v) is 12.5. The van der Waals surface area contributed by atoms with E-state index in [9.17, 15) is 18.0 Å². The molecule has 0 unspecified atom stereocenters. The Hall–Kier alpha value is -3.17. The first-order chi connectivity index (χ1) is 15.9. The molecule has 1 saturated heterocycles. The van der Waals surface area contributed by atoms with Gasteiger partial charge in [-0.3, -0.25) is 9.78 Å². The van der Waals surface area contributed by atoms with Gasteiger partial charge in [-0.15, -0.1) is 0 Å². The minimum atomic E-state index is -3.73. The van der Waals surface area contributed by atoms with Crippen LogP contribution in [0.15, 0.2) is 68.7 Å². The molecule has 33 heavy (non-hydrogen) atoms. The lowest BCUT2D eigenvalue weighted by molar-refractivity contribution is -0.136. The Kier molecular flexibility index (Phi) is 5.67.